The van der Waals surface area contributed by atoms with E-state index in [1.807, 2.05) is 4.90 Å². The van der Waals surface area contributed by atoms with Gasteiger partial charge in [-0.15, -0.1) is 24.0 Å². The Hall–Kier alpha value is -0.570. The van der Waals surface area contributed by atoms with Gasteiger partial charge in [0.25, 0.3) is 0 Å². The number of nitrogens with one attached hydrogen (secondary N) is 2. The van der Waals surface area contributed by atoms with Crippen molar-refractivity contribution in [2.75, 3.05) is 45.8 Å². The molecule has 0 atom stereocenters. The van der Waals surface area contributed by atoms with Crippen molar-refractivity contribution in [2.24, 2.45) is 4.99 Å². The maximum Gasteiger partial charge on any atom is 0.222 e. The van der Waals surface area contributed by atoms with E-state index < -0.39 is 0 Å². The predicted octanol–water partition coefficient (Wildman–Crippen LogP) is 2.83. The average Bonchev–Trinajstić information content (AvgIpc) is 2.85. The average molecular weight is 493 g/mol. The lowest BCUT2D eigenvalue weighted by atomic mass is 10.1. The summed E-state index contributed by atoms with van der Waals surface area (Å²) in [4.78, 5) is 21.4. The molecule has 2 rings (SSSR count). The Balaban J connectivity index is 0.00000364. The van der Waals surface area contributed by atoms with Gasteiger partial charge >= 0.3 is 0 Å². The molecule has 7 heteroatoms. The van der Waals surface area contributed by atoms with Gasteiger partial charge in [0.15, 0.2) is 5.96 Å². The molecule has 2 aliphatic heterocycles. The van der Waals surface area contributed by atoms with Gasteiger partial charge in [-0.3, -0.25) is 9.79 Å². The third kappa shape index (κ3) is 9.45. The molecule has 2 aliphatic rings. The Morgan fingerprint density at radius 3 is 2.59 bits per heavy atom. The summed E-state index contributed by atoms with van der Waals surface area (Å²) in [5, 5.41) is 6.98. The van der Waals surface area contributed by atoms with Crippen LogP contribution in [0, 0.1) is 0 Å². The predicted molar refractivity (Wildman–Crippen MR) is 124 cm³/mol. The number of nitrogens with zero attached hydrogens (tertiary/aromatic N) is 3. The number of carbonyl (C=O) groups excluding carboxylic acids is 1. The van der Waals surface area contributed by atoms with E-state index in [4.69, 9.17) is 4.99 Å². The molecule has 0 spiro atoms. The fourth-order valence-corrected chi connectivity index (χ4v) is 3.86. The van der Waals surface area contributed by atoms with E-state index in [-0.39, 0.29) is 24.0 Å². The molecular weight excluding hydrogens is 453 g/mol. The van der Waals surface area contributed by atoms with E-state index in [2.05, 4.69) is 29.4 Å². The third-order valence-electron chi connectivity index (χ3n) is 5.34. The normalized spacial score (nSPS) is 20.1. The van der Waals surface area contributed by atoms with Crippen molar-refractivity contribution >= 4 is 35.8 Å². The number of likely N-dealkylation sites (tertiary alicyclic amines) is 2. The van der Waals surface area contributed by atoms with Crippen molar-refractivity contribution in [1.82, 2.24) is 20.4 Å². The highest BCUT2D eigenvalue weighted by Crippen LogP contribution is 2.12. The van der Waals surface area contributed by atoms with E-state index in [1.54, 1.807) is 0 Å². The smallest absolute Gasteiger partial charge is 0.222 e. The first-order valence-electron chi connectivity index (χ1n) is 10.8. The number of hydrogen-bond donors (Lipinski definition) is 2. The topological polar surface area (TPSA) is 60.0 Å². The summed E-state index contributed by atoms with van der Waals surface area (Å²) in [5.74, 6) is 1.26. The van der Waals surface area contributed by atoms with Gasteiger partial charge in [0.1, 0.15) is 0 Å². The lowest BCUT2D eigenvalue weighted by Gasteiger charge is -2.32. The zero-order valence-electron chi connectivity index (χ0n) is 17.3. The van der Waals surface area contributed by atoms with E-state index in [0.717, 1.165) is 57.8 Å². The molecule has 1 amide bonds. The first-order valence-corrected chi connectivity index (χ1v) is 10.8. The Labute approximate surface area is 182 Å². The number of aliphatic imine (C=N–C) groups is 1. The second kappa shape index (κ2) is 14.4. The van der Waals surface area contributed by atoms with Gasteiger partial charge in [0.05, 0.1) is 0 Å². The Bertz CT molecular complexity index is 438. The van der Waals surface area contributed by atoms with Gasteiger partial charge in [0.2, 0.25) is 5.91 Å². The molecule has 2 N–H and O–H groups in total. The third-order valence-corrected chi connectivity index (χ3v) is 5.34. The molecule has 27 heavy (non-hydrogen) atoms. The molecule has 0 aliphatic carbocycles. The first kappa shape index (κ1) is 24.5. The molecule has 0 aromatic heterocycles. The van der Waals surface area contributed by atoms with Crippen LogP contribution in [0.2, 0.25) is 0 Å². The molecule has 0 saturated carbocycles. The van der Waals surface area contributed by atoms with Gasteiger partial charge in [-0.05, 0) is 52.0 Å². The van der Waals surface area contributed by atoms with Gasteiger partial charge < -0.3 is 20.4 Å². The number of carbonyl (C=O) groups is 1. The minimum Gasteiger partial charge on any atom is -0.357 e. The fourth-order valence-electron chi connectivity index (χ4n) is 3.86. The highest BCUT2D eigenvalue weighted by Gasteiger charge is 2.19. The van der Waals surface area contributed by atoms with Gasteiger partial charge in [-0.2, -0.15) is 0 Å². The van der Waals surface area contributed by atoms with Crippen LogP contribution in [0.1, 0.15) is 65.2 Å². The van der Waals surface area contributed by atoms with Gasteiger partial charge in [-0.25, -0.2) is 0 Å². The summed E-state index contributed by atoms with van der Waals surface area (Å²) in [7, 11) is 0. The maximum atomic E-state index is 12.0. The highest BCUT2D eigenvalue weighted by molar-refractivity contribution is 14.0. The Morgan fingerprint density at radius 1 is 1.11 bits per heavy atom. The quantitative estimate of drug-likeness (QED) is 0.236. The number of guanidine groups is 1. The standard InChI is InChI=1S/C20H39N5O.HI/c1-3-13-24-16-10-18(11-17-24)23-20(21-4-2)22-12-8-15-25-14-7-5-6-9-19(25)26;/h18H,3-17H2,1-2H3,(H2,21,22,23);1H. The zero-order valence-corrected chi connectivity index (χ0v) is 19.7. The molecule has 0 aromatic rings. The van der Waals surface area contributed by atoms with Crippen LogP contribution >= 0.6 is 24.0 Å². The lowest BCUT2D eigenvalue weighted by Crippen LogP contribution is -2.48. The van der Waals surface area contributed by atoms with Crippen LogP contribution in [0.5, 0.6) is 0 Å². The van der Waals surface area contributed by atoms with E-state index in [9.17, 15) is 4.79 Å². The Kier molecular flexibility index (Phi) is 13.1. The number of rotatable bonds is 8. The summed E-state index contributed by atoms with van der Waals surface area (Å²) in [6.45, 7) is 11.4. The molecule has 0 unspecified atom stereocenters. The van der Waals surface area contributed by atoms with Crippen molar-refractivity contribution in [1.29, 1.82) is 0 Å². The molecule has 0 aromatic carbocycles. The van der Waals surface area contributed by atoms with Gasteiger partial charge in [0, 0.05) is 51.7 Å². The molecular formula is C20H40IN5O. The van der Waals surface area contributed by atoms with Crippen molar-refractivity contribution in [3.8, 4) is 0 Å². The monoisotopic (exact) mass is 493 g/mol. The second-order valence-corrected chi connectivity index (χ2v) is 7.57. The largest absolute Gasteiger partial charge is 0.357 e. The maximum absolute atomic E-state index is 12.0. The van der Waals surface area contributed by atoms with Crippen LogP contribution in [0.3, 0.4) is 0 Å². The van der Waals surface area contributed by atoms with E-state index in [0.29, 0.717) is 11.9 Å². The van der Waals surface area contributed by atoms with Crippen molar-refractivity contribution in [3.63, 3.8) is 0 Å². The SMILES string of the molecule is CCCN1CCC(NC(=NCCCN2CCCCCC2=O)NCC)CC1.I. The first-order chi connectivity index (χ1) is 12.7. The van der Waals surface area contributed by atoms with Crippen LogP contribution in [0.4, 0.5) is 0 Å². The number of halogens is 1. The summed E-state index contributed by atoms with van der Waals surface area (Å²) < 4.78 is 0. The summed E-state index contributed by atoms with van der Waals surface area (Å²) >= 11 is 0. The summed E-state index contributed by atoms with van der Waals surface area (Å²) in [6, 6.07) is 0.521. The number of amides is 1. The molecule has 6 nitrogen and oxygen atoms in total. The van der Waals surface area contributed by atoms with Crippen LogP contribution in [-0.4, -0.2) is 73.5 Å². The molecule has 2 fully saturated rings. The van der Waals surface area contributed by atoms with E-state index in [1.165, 1.54) is 45.3 Å². The number of hydrogen-bond acceptors (Lipinski definition) is 3. The van der Waals surface area contributed by atoms with Gasteiger partial charge in [-0.1, -0.05) is 13.3 Å². The molecule has 2 heterocycles. The lowest BCUT2D eigenvalue weighted by molar-refractivity contribution is -0.130. The molecule has 0 radical (unpaired) electrons. The van der Waals surface area contributed by atoms with Crippen LogP contribution in [0.25, 0.3) is 0 Å². The minimum atomic E-state index is 0. The van der Waals surface area contributed by atoms with Crippen LogP contribution in [0.15, 0.2) is 4.99 Å². The van der Waals surface area contributed by atoms with Crippen molar-refractivity contribution in [2.45, 2.75) is 71.3 Å². The van der Waals surface area contributed by atoms with E-state index >= 15 is 0 Å². The van der Waals surface area contributed by atoms with Crippen molar-refractivity contribution in [3.05, 3.63) is 0 Å². The minimum absolute atomic E-state index is 0. The second-order valence-electron chi connectivity index (χ2n) is 7.57. The van der Waals surface area contributed by atoms with Crippen molar-refractivity contribution < 1.29 is 4.79 Å². The summed E-state index contributed by atoms with van der Waals surface area (Å²) in [6.07, 6.45) is 8.67. The highest BCUT2D eigenvalue weighted by atomic mass is 127. The zero-order chi connectivity index (χ0) is 18.6. The Morgan fingerprint density at radius 2 is 1.89 bits per heavy atom. The molecule has 2 saturated heterocycles. The summed E-state index contributed by atoms with van der Waals surface area (Å²) in [5.41, 5.74) is 0. The molecule has 0 bridgehead atoms. The fraction of sp³-hybridized carbons (Fsp3) is 0.900. The van der Waals surface area contributed by atoms with Crippen LogP contribution in [-0.2, 0) is 4.79 Å². The van der Waals surface area contributed by atoms with Crippen LogP contribution < -0.4 is 10.6 Å². The number of piperidine rings is 1. The molecule has 158 valence electrons.